The summed E-state index contributed by atoms with van der Waals surface area (Å²) in [6.07, 6.45) is 1.20. The Morgan fingerprint density at radius 1 is 1.05 bits per heavy atom. The van der Waals surface area contributed by atoms with E-state index in [1.807, 2.05) is 13.8 Å². The van der Waals surface area contributed by atoms with Gasteiger partial charge in [-0.05, 0) is 55.3 Å². The minimum absolute atomic E-state index is 0.314. The van der Waals surface area contributed by atoms with Crippen molar-refractivity contribution >= 4 is 20.9 Å². The van der Waals surface area contributed by atoms with Crippen LogP contribution in [-0.4, -0.2) is 24.6 Å². The first kappa shape index (κ1) is 13.8. The van der Waals surface area contributed by atoms with E-state index in [9.17, 15) is 8.42 Å². The summed E-state index contributed by atoms with van der Waals surface area (Å²) in [6.45, 7) is 4.08. The molecule has 0 spiro atoms. The number of aromatic amines is 1. The van der Waals surface area contributed by atoms with Crippen molar-refractivity contribution in [1.29, 1.82) is 0 Å². The topological polar surface area (TPSA) is 62.8 Å². The predicted molar refractivity (Wildman–Crippen MR) is 84.1 cm³/mol. The molecule has 3 aromatic rings. The quantitative estimate of drug-likeness (QED) is 0.790. The van der Waals surface area contributed by atoms with Crippen molar-refractivity contribution in [2.24, 2.45) is 0 Å². The van der Waals surface area contributed by atoms with Crippen LogP contribution < -0.4 is 0 Å². The lowest BCUT2D eigenvalue weighted by molar-refractivity contribution is 0.602. The Labute approximate surface area is 123 Å². The molecule has 0 aliphatic heterocycles. The average Bonchev–Trinajstić information content (AvgIpc) is 2.82. The molecule has 0 saturated heterocycles. The molecule has 0 fully saturated rings. The van der Waals surface area contributed by atoms with Crippen molar-refractivity contribution in [2.75, 3.05) is 6.26 Å². The number of aryl methyl sites for hydroxylation is 2. The Hall–Kier alpha value is -2.14. The minimum atomic E-state index is -3.17. The Balaban J connectivity index is 2.10. The van der Waals surface area contributed by atoms with Gasteiger partial charge in [-0.3, -0.25) is 0 Å². The molecule has 0 atom stereocenters. The standard InChI is InChI=1S/C16H16N2O2S/c1-10-8-11(2)15-14(9-10)17-16(18-15)12-4-6-13(7-5-12)21(3,19)20/h4-9H,1-3H3,(H,17,18). The van der Waals surface area contributed by atoms with Crippen LogP contribution in [0.25, 0.3) is 22.4 Å². The minimum Gasteiger partial charge on any atom is -0.338 e. The molecule has 1 aromatic heterocycles. The smallest absolute Gasteiger partial charge is 0.175 e. The third-order valence-electron chi connectivity index (χ3n) is 3.48. The van der Waals surface area contributed by atoms with Gasteiger partial charge >= 0.3 is 0 Å². The summed E-state index contributed by atoms with van der Waals surface area (Å²) in [5, 5.41) is 0. The highest BCUT2D eigenvalue weighted by Crippen LogP contribution is 2.24. The van der Waals surface area contributed by atoms with Crippen LogP contribution >= 0.6 is 0 Å². The third-order valence-corrected chi connectivity index (χ3v) is 4.61. The highest BCUT2D eigenvalue weighted by molar-refractivity contribution is 7.90. The molecule has 1 heterocycles. The van der Waals surface area contributed by atoms with Gasteiger partial charge in [-0.1, -0.05) is 6.07 Å². The first-order valence-electron chi connectivity index (χ1n) is 6.62. The van der Waals surface area contributed by atoms with E-state index < -0.39 is 9.84 Å². The molecule has 2 aromatic carbocycles. The monoisotopic (exact) mass is 300 g/mol. The maximum atomic E-state index is 11.5. The molecule has 0 radical (unpaired) electrons. The van der Waals surface area contributed by atoms with Gasteiger partial charge in [0, 0.05) is 11.8 Å². The fourth-order valence-corrected chi connectivity index (χ4v) is 3.10. The number of fused-ring (bicyclic) bond motifs is 1. The summed E-state index contributed by atoms with van der Waals surface area (Å²) >= 11 is 0. The molecule has 0 aliphatic carbocycles. The average molecular weight is 300 g/mol. The van der Waals surface area contributed by atoms with Gasteiger partial charge in [0.15, 0.2) is 9.84 Å². The second-order valence-electron chi connectivity index (χ2n) is 5.36. The van der Waals surface area contributed by atoms with Crippen LogP contribution in [0.2, 0.25) is 0 Å². The molecule has 0 amide bonds. The van der Waals surface area contributed by atoms with Crippen molar-refractivity contribution in [1.82, 2.24) is 9.97 Å². The lowest BCUT2D eigenvalue weighted by atomic mass is 10.1. The number of hydrogen-bond donors (Lipinski definition) is 1. The fourth-order valence-electron chi connectivity index (χ4n) is 2.47. The first-order valence-corrected chi connectivity index (χ1v) is 8.51. The molecule has 0 saturated carbocycles. The number of aromatic nitrogens is 2. The maximum Gasteiger partial charge on any atom is 0.175 e. The van der Waals surface area contributed by atoms with Crippen LogP contribution in [0.15, 0.2) is 41.3 Å². The summed E-state index contributed by atoms with van der Waals surface area (Å²) in [7, 11) is -3.17. The van der Waals surface area contributed by atoms with Gasteiger partial charge in [-0.15, -0.1) is 0 Å². The summed E-state index contributed by atoms with van der Waals surface area (Å²) in [6, 6.07) is 10.9. The normalized spacial score (nSPS) is 12.0. The van der Waals surface area contributed by atoms with Crippen LogP contribution in [0, 0.1) is 13.8 Å². The van der Waals surface area contributed by atoms with Gasteiger partial charge < -0.3 is 4.98 Å². The summed E-state index contributed by atoms with van der Waals surface area (Å²) in [4.78, 5) is 8.22. The number of sulfone groups is 1. The predicted octanol–water partition coefficient (Wildman–Crippen LogP) is 3.25. The van der Waals surface area contributed by atoms with E-state index in [2.05, 4.69) is 22.1 Å². The highest BCUT2D eigenvalue weighted by atomic mass is 32.2. The maximum absolute atomic E-state index is 11.5. The van der Waals surface area contributed by atoms with Crippen LogP contribution in [0.1, 0.15) is 11.1 Å². The molecule has 1 N–H and O–H groups in total. The second-order valence-corrected chi connectivity index (χ2v) is 7.38. The number of benzene rings is 2. The van der Waals surface area contributed by atoms with Crippen LogP contribution in [-0.2, 0) is 9.84 Å². The third kappa shape index (κ3) is 2.56. The molecule has 0 aliphatic rings. The Bertz CT molecular complexity index is 923. The molecular weight excluding hydrogens is 284 g/mol. The molecule has 108 valence electrons. The lowest BCUT2D eigenvalue weighted by Gasteiger charge is -2.00. The summed E-state index contributed by atoms with van der Waals surface area (Å²) in [5.41, 5.74) is 5.12. The number of nitrogens with zero attached hydrogens (tertiary/aromatic N) is 1. The van der Waals surface area contributed by atoms with E-state index in [4.69, 9.17) is 0 Å². The van der Waals surface area contributed by atoms with Crippen molar-refractivity contribution in [3.05, 3.63) is 47.5 Å². The van der Waals surface area contributed by atoms with Gasteiger partial charge in [0.2, 0.25) is 0 Å². The molecule has 0 unspecified atom stereocenters. The molecule has 4 nitrogen and oxygen atoms in total. The van der Waals surface area contributed by atoms with Crippen molar-refractivity contribution < 1.29 is 8.42 Å². The zero-order chi connectivity index (χ0) is 15.2. The second kappa shape index (κ2) is 4.70. The van der Waals surface area contributed by atoms with E-state index in [1.54, 1.807) is 24.3 Å². The number of hydrogen-bond acceptors (Lipinski definition) is 3. The van der Waals surface area contributed by atoms with E-state index in [0.29, 0.717) is 4.90 Å². The molecule has 0 bridgehead atoms. The summed E-state index contributed by atoms with van der Waals surface area (Å²) < 4.78 is 23.0. The van der Waals surface area contributed by atoms with E-state index in [1.165, 1.54) is 11.8 Å². The van der Waals surface area contributed by atoms with Gasteiger partial charge in [0.05, 0.1) is 15.9 Å². The fraction of sp³-hybridized carbons (Fsp3) is 0.188. The molecule has 3 rings (SSSR count). The molecule has 5 heteroatoms. The SMILES string of the molecule is Cc1cc(C)c2nc(-c3ccc(S(C)(=O)=O)cc3)[nH]c2c1. The molecule has 21 heavy (non-hydrogen) atoms. The van der Waals surface area contributed by atoms with Gasteiger partial charge in [0.25, 0.3) is 0 Å². The van der Waals surface area contributed by atoms with Crippen molar-refractivity contribution in [3.63, 3.8) is 0 Å². The zero-order valence-corrected chi connectivity index (χ0v) is 13.0. The Morgan fingerprint density at radius 2 is 1.71 bits per heavy atom. The highest BCUT2D eigenvalue weighted by Gasteiger charge is 2.10. The zero-order valence-electron chi connectivity index (χ0n) is 12.1. The number of imidazole rings is 1. The number of rotatable bonds is 2. The van der Waals surface area contributed by atoms with Crippen LogP contribution in [0.3, 0.4) is 0 Å². The van der Waals surface area contributed by atoms with E-state index >= 15 is 0 Å². The van der Waals surface area contributed by atoms with Crippen LogP contribution in [0.4, 0.5) is 0 Å². The number of nitrogens with one attached hydrogen (secondary N) is 1. The van der Waals surface area contributed by atoms with E-state index in [-0.39, 0.29) is 0 Å². The Kier molecular flexibility index (Phi) is 3.10. The lowest BCUT2D eigenvalue weighted by Crippen LogP contribution is -1.96. The van der Waals surface area contributed by atoms with E-state index in [0.717, 1.165) is 28.0 Å². The first-order chi connectivity index (χ1) is 9.84. The van der Waals surface area contributed by atoms with Crippen LogP contribution in [0.5, 0.6) is 0 Å². The van der Waals surface area contributed by atoms with Crippen molar-refractivity contribution in [3.8, 4) is 11.4 Å². The largest absolute Gasteiger partial charge is 0.338 e. The molecular formula is C16H16N2O2S. The van der Waals surface area contributed by atoms with Crippen molar-refractivity contribution in [2.45, 2.75) is 18.7 Å². The van der Waals surface area contributed by atoms with Gasteiger partial charge in [0.1, 0.15) is 5.82 Å². The van der Waals surface area contributed by atoms with Gasteiger partial charge in [-0.25, -0.2) is 13.4 Å². The number of H-pyrrole nitrogens is 1. The Morgan fingerprint density at radius 3 is 2.33 bits per heavy atom. The summed E-state index contributed by atoms with van der Waals surface area (Å²) in [5.74, 6) is 0.749. The van der Waals surface area contributed by atoms with Gasteiger partial charge in [-0.2, -0.15) is 0 Å².